The van der Waals surface area contributed by atoms with Crippen LogP contribution in [0.15, 0.2) is 36.5 Å². The van der Waals surface area contributed by atoms with E-state index in [4.69, 9.17) is 5.73 Å². The van der Waals surface area contributed by atoms with Crippen molar-refractivity contribution in [2.45, 2.75) is 13.5 Å². The van der Waals surface area contributed by atoms with Gasteiger partial charge < -0.3 is 11.1 Å². The minimum atomic E-state index is -0.172. The smallest absolute Gasteiger partial charge is 0.273 e. The summed E-state index contributed by atoms with van der Waals surface area (Å²) in [5.74, 6) is -0.172. The molecule has 0 bridgehead atoms. The van der Waals surface area contributed by atoms with E-state index in [1.807, 2.05) is 6.92 Å². The molecular weight excluding hydrogens is 216 g/mol. The number of nitrogens with two attached hydrogens (primary N) is 1. The molecule has 5 heteroatoms. The van der Waals surface area contributed by atoms with Crippen molar-refractivity contribution in [3.63, 3.8) is 0 Å². The molecule has 0 aliphatic carbocycles. The van der Waals surface area contributed by atoms with Crippen LogP contribution in [0.2, 0.25) is 0 Å². The highest BCUT2D eigenvalue weighted by molar-refractivity contribution is 6.03. The van der Waals surface area contributed by atoms with E-state index < -0.39 is 0 Å². The molecule has 5 nitrogen and oxygen atoms in total. The lowest BCUT2D eigenvalue weighted by Gasteiger charge is -2.06. The number of carbonyl (C=O) groups excluding carboxylic acids is 1. The molecular formula is C12H14N4O. The fraction of sp³-hybridized carbons (Fsp3) is 0.167. The Morgan fingerprint density at radius 3 is 2.71 bits per heavy atom. The summed E-state index contributed by atoms with van der Waals surface area (Å²) < 4.78 is 1.65. The molecule has 2 aromatic rings. The van der Waals surface area contributed by atoms with Crippen LogP contribution >= 0.6 is 0 Å². The molecule has 0 spiro atoms. The zero-order chi connectivity index (χ0) is 12.3. The van der Waals surface area contributed by atoms with Crippen LogP contribution in [-0.2, 0) is 6.54 Å². The van der Waals surface area contributed by atoms with Crippen LogP contribution in [0.25, 0.3) is 0 Å². The first-order valence-corrected chi connectivity index (χ1v) is 5.39. The largest absolute Gasteiger partial charge is 0.399 e. The molecule has 1 heterocycles. The van der Waals surface area contributed by atoms with E-state index in [1.54, 1.807) is 41.2 Å². The highest BCUT2D eigenvalue weighted by atomic mass is 16.2. The maximum absolute atomic E-state index is 11.9. The number of anilines is 2. The second-order valence-corrected chi connectivity index (χ2v) is 3.61. The molecule has 0 atom stereocenters. The van der Waals surface area contributed by atoms with E-state index in [0.717, 1.165) is 0 Å². The van der Waals surface area contributed by atoms with Crippen molar-refractivity contribution < 1.29 is 4.79 Å². The average molecular weight is 230 g/mol. The Morgan fingerprint density at radius 2 is 2.06 bits per heavy atom. The van der Waals surface area contributed by atoms with E-state index in [1.165, 1.54) is 0 Å². The second-order valence-electron chi connectivity index (χ2n) is 3.61. The summed E-state index contributed by atoms with van der Waals surface area (Å²) >= 11 is 0. The molecule has 2 rings (SSSR count). The molecule has 0 saturated carbocycles. The lowest BCUT2D eigenvalue weighted by atomic mass is 10.3. The molecule has 3 N–H and O–H groups in total. The van der Waals surface area contributed by atoms with Crippen LogP contribution in [0, 0.1) is 0 Å². The molecule has 1 aromatic heterocycles. The van der Waals surface area contributed by atoms with Crippen molar-refractivity contribution in [1.82, 2.24) is 9.78 Å². The number of nitrogens with one attached hydrogen (secondary N) is 1. The van der Waals surface area contributed by atoms with E-state index in [0.29, 0.717) is 23.6 Å². The van der Waals surface area contributed by atoms with Gasteiger partial charge in [-0.15, -0.1) is 0 Å². The van der Waals surface area contributed by atoms with E-state index in [2.05, 4.69) is 10.4 Å². The normalized spacial score (nSPS) is 10.2. The number of benzene rings is 1. The number of carbonyl (C=O) groups is 1. The summed E-state index contributed by atoms with van der Waals surface area (Å²) in [6.45, 7) is 2.60. The van der Waals surface area contributed by atoms with Gasteiger partial charge in [0.05, 0.1) is 0 Å². The molecule has 88 valence electrons. The number of aromatic nitrogens is 2. The van der Waals surface area contributed by atoms with Crippen molar-refractivity contribution in [2.24, 2.45) is 0 Å². The van der Waals surface area contributed by atoms with Gasteiger partial charge in [0.2, 0.25) is 0 Å². The van der Waals surface area contributed by atoms with E-state index in [-0.39, 0.29) is 5.91 Å². The summed E-state index contributed by atoms with van der Waals surface area (Å²) in [6, 6.07) is 8.70. The quantitative estimate of drug-likeness (QED) is 0.789. The molecule has 0 radical (unpaired) electrons. The predicted molar refractivity (Wildman–Crippen MR) is 66.7 cm³/mol. The molecule has 0 aliphatic rings. The third-order valence-electron chi connectivity index (χ3n) is 2.42. The number of aryl methyl sites for hydroxylation is 1. The lowest BCUT2D eigenvalue weighted by Crippen LogP contribution is -2.17. The van der Waals surface area contributed by atoms with Gasteiger partial charge in [-0.25, -0.2) is 0 Å². The highest BCUT2D eigenvalue weighted by Gasteiger charge is 2.10. The van der Waals surface area contributed by atoms with Crippen LogP contribution in [0.5, 0.6) is 0 Å². The second kappa shape index (κ2) is 4.69. The fourth-order valence-electron chi connectivity index (χ4n) is 1.54. The summed E-state index contributed by atoms with van der Waals surface area (Å²) in [7, 11) is 0. The van der Waals surface area contributed by atoms with Gasteiger partial charge in [-0.3, -0.25) is 9.48 Å². The van der Waals surface area contributed by atoms with Crippen molar-refractivity contribution in [1.29, 1.82) is 0 Å². The van der Waals surface area contributed by atoms with Gasteiger partial charge in [0, 0.05) is 24.1 Å². The first-order valence-electron chi connectivity index (χ1n) is 5.39. The number of hydrogen-bond donors (Lipinski definition) is 2. The maximum atomic E-state index is 11.9. The average Bonchev–Trinajstić information content (AvgIpc) is 2.80. The minimum Gasteiger partial charge on any atom is -0.399 e. The van der Waals surface area contributed by atoms with Crippen LogP contribution in [0.4, 0.5) is 11.4 Å². The van der Waals surface area contributed by atoms with Crippen LogP contribution < -0.4 is 11.1 Å². The molecule has 0 fully saturated rings. The number of rotatable bonds is 3. The summed E-state index contributed by atoms with van der Waals surface area (Å²) in [5, 5.41) is 6.84. The van der Waals surface area contributed by atoms with Crippen LogP contribution in [0.1, 0.15) is 17.4 Å². The molecule has 1 amide bonds. The van der Waals surface area contributed by atoms with Gasteiger partial charge in [-0.1, -0.05) is 0 Å². The van der Waals surface area contributed by atoms with Crippen molar-refractivity contribution in [2.75, 3.05) is 11.1 Å². The first-order chi connectivity index (χ1) is 8.20. The molecule has 0 unspecified atom stereocenters. The number of nitrogens with zero attached hydrogens (tertiary/aromatic N) is 2. The number of hydrogen-bond acceptors (Lipinski definition) is 3. The van der Waals surface area contributed by atoms with Crippen LogP contribution in [-0.4, -0.2) is 15.7 Å². The Kier molecular flexibility index (Phi) is 3.09. The molecule has 0 saturated heterocycles. The Labute approximate surface area is 99.2 Å². The van der Waals surface area contributed by atoms with Gasteiger partial charge in [-0.05, 0) is 37.3 Å². The highest BCUT2D eigenvalue weighted by Crippen LogP contribution is 2.12. The van der Waals surface area contributed by atoms with Crippen molar-refractivity contribution >= 4 is 17.3 Å². The number of nitrogen functional groups attached to an aromatic ring is 1. The van der Waals surface area contributed by atoms with Crippen molar-refractivity contribution in [3.8, 4) is 0 Å². The number of amides is 1. The van der Waals surface area contributed by atoms with Gasteiger partial charge in [0.1, 0.15) is 5.69 Å². The lowest BCUT2D eigenvalue weighted by molar-refractivity contribution is 0.101. The van der Waals surface area contributed by atoms with Crippen molar-refractivity contribution in [3.05, 3.63) is 42.2 Å². The summed E-state index contributed by atoms with van der Waals surface area (Å²) in [6.07, 6.45) is 1.61. The van der Waals surface area contributed by atoms with Gasteiger partial charge in [0.25, 0.3) is 5.91 Å². The molecule has 17 heavy (non-hydrogen) atoms. The summed E-state index contributed by atoms with van der Waals surface area (Å²) in [5.41, 5.74) is 7.50. The third-order valence-corrected chi connectivity index (χ3v) is 2.42. The topological polar surface area (TPSA) is 72.9 Å². The Bertz CT molecular complexity index is 516. The summed E-state index contributed by atoms with van der Waals surface area (Å²) in [4.78, 5) is 11.9. The maximum Gasteiger partial charge on any atom is 0.273 e. The van der Waals surface area contributed by atoms with E-state index in [9.17, 15) is 4.79 Å². The Hall–Kier alpha value is -2.30. The standard InChI is InChI=1S/C12H14N4O/c1-2-16-11(7-8-14-16)12(17)15-10-5-3-9(13)4-6-10/h3-8H,2,13H2,1H3,(H,15,17). The monoisotopic (exact) mass is 230 g/mol. The Balaban J connectivity index is 2.14. The fourth-order valence-corrected chi connectivity index (χ4v) is 1.54. The third kappa shape index (κ3) is 2.44. The zero-order valence-corrected chi connectivity index (χ0v) is 9.55. The van der Waals surface area contributed by atoms with Crippen LogP contribution in [0.3, 0.4) is 0 Å². The minimum absolute atomic E-state index is 0.172. The van der Waals surface area contributed by atoms with Gasteiger partial charge >= 0.3 is 0 Å². The zero-order valence-electron chi connectivity index (χ0n) is 9.55. The van der Waals surface area contributed by atoms with Gasteiger partial charge in [-0.2, -0.15) is 5.10 Å². The first kappa shape index (κ1) is 11.2. The molecule has 0 aliphatic heterocycles. The predicted octanol–water partition coefficient (Wildman–Crippen LogP) is 1.74. The molecule has 1 aromatic carbocycles. The van der Waals surface area contributed by atoms with E-state index >= 15 is 0 Å². The SMILES string of the molecule is CCn1nccc1C(=O)Nc1ccc(N)cc1. The Morgan fingerprint density at radius 1 is 1.35 bits per heavy atom. The van der Waals surface area contributed by atoms with Gasteiger partial charge in [0.15, 0.2) is 0 Å².